The fourth-order valence-electron chi connectivity index (χ4n) is 2.58. The van der Waals surface area contributed by atoms with Gasteiger partial charge < -0.3 is 4.74 Å². The number of hydrogen-bond donors (Lipinski definition) is 2. The maximum Gasteiger partial charge on any atom is 0.201 e. The normalized spacial score (nSPS) is 15.9. The van der Waals surface area contributed by atoms with Gasteiger partial charge >= 0.3 is 0 Å². The number of aromatic nitrogens is 4. The van der Waals surface area contributed by atoms with Gasteiger partial charge in [-0.2, -0.15) is 10.2 Å². The van der Waals surface area contributed by atoms with Crippen LogP contribution >= 0.6 is 46.2 Å². The Bertz CT molecular complexity index is 958. The van der Waals surface area contributed by atoms with Crippen molar-refractivity contribution in [2.24, 2.45) is 0 Å². The molecule has 0 aliphatic carbocycles. The first kappa shape index (κ1) is 18.9. The van der Waals surface area contributed by atoms with Gasteiger partial charge in [-0.3, -0.25) is 10.8 Å². The molecule has 0 spiro atoms. The number of thioether (sulfide) groups is 2. The highest BCUT2D eigenvalue weighted by Gasteiger charge is 2.09. The third-order valence-electron chi connectivity index (χ3n) is 3.80. The van der Waals surface area contributed by atoms with Crippen molar-refractivity contribution in [2.45, 2.75) is 21.8 Å². The van der Waals surface area contributed by atoms with E-state index in [1.54, 1.807) is 32.9 Å². The highest BCUT2D eigenvalue weighted by Crippen LogP contribution is 2.20. The first-order valence-corrected chi connectivity index (χ1v) is 11.9. The minimum Gasteiger partial charge on any atom is -0.380 e. The van der Waals surface area contributed by atoms with Crippen LogP contribution in [0.4, 0.5) is 0 Å². The number of ether oxygens (including phenoxy) is 1. The highest BCUT2D eigenvalue weighted by molar-refractivity contribution is 8.01. The van der Waals surface area contributed by atoms with Gasteiger partial charge in [0.2, 0.25) is 9.60 Å². The van der Waals surface area contributed by atoms with Crippen LogP contribution in [-0.2, 0) is 17.8 Å². The van der Waals surface area contributed by atoms with Crippen molar-refractivity contribution in [1.82, 2.24) is 19.6 Å². The Morgan fingerprint density at radius 3 is 1.89 bits per heavy atom. The van der Waals surface area contributed by atoms with E-state index in [4.69, 9.17) is 15.6 Å². The Kier molecular flexibility index (Phi) is 6.13. The summed E-state index contributed by atoms with van der Waals surface area (Å²) in [5, 5.41) is 25.5. The van der Waals surface area contributed by atoms with Crippen LogP contribution in [0.1, 0.15) is 11.1 Å². The van der Waals surface area contributed by atoms with E-state index in [-0.39, 0.29) is 0 Å². The van der Waals surface area contributed by atoms with Gasteiger partial charge in [0.1, 0.15) is 0 Å². The zero-order valence-electron chi connectivity index (χ0n) is 14.4. The first-order chi connectivity index (χ1) is 13.2. The lowest BCUT2D eigenvalue weighted by atomic mass is 10.1. The molecule has 11 heteroatoms. The van der Waals surface area contributed by atoms with Crippen molar-refractivity contribution in [3.8, 4) is 0 Å². The molecule has 4 rings (SSSR count). The van der Waals surface area contributed by atoms with Gasteiger partial charge in [0.05, 0.1) is 26.3 Å². The molecule has 0 atom stereocenters. The van der Waals surface area contributed by atoms with Crippen LogP contribution in [0.5, 0.6) is 0 Å². The van der Waals surface area contributed by atoms with Crippen LogP contribution in [0, 0.1) is 10.8 Å². The van der Waals surface area contributed by atoms with Crippen LogP contribution in [0.15, 0.2) is 32.9 Å². The van der Waals surface area contributed by atoms with Crippen LogP contribution in [-0.4, -0.2) is 44.3 Å². The molecule has 1 aliphatic rings. The molecule has 1 aromatic carbocycles. The number of nitrogens with one attached hydrogen (secondary N) is 2. The fraction of sp³-hybridized carbons (Fsp3) is 0.375. The standard InChI is InChI=1S/C16H18N6OS4/c17-13-21-9-11-2-1-3-12(8-11)10-22-14(18)27-16(20-22)25-7-5-23-4-6-24-15(19-21)26-13/h1-3,8,17-18H,4-7,9-10H2. The van der Waals surface area contributed by atoms with E-state index in [1.807, 2.05) is 18.2 Å². The minimum absolute atomic E-state index is 0.449. The first-order valence-electron chi connectivity index (χ1n) is 8.33. The smallest absolute Gasteiger partial charge is 0.201 e. The van der Waals surface area contributed by atoms with Crippen LogP contribution in [0.25, 0.3) is 0 Å². The van der Waals surface area contributed by atoms with Crippen LogP contribution < -0.4 is 9.60 Å². The Labute approximate surface area is 172 Å². The lowest BCUT2D eigenvalue weighted by Crippen LogP contribution is -2.17. The molecule has 1 aliphatic heterocycles. The number of nitrogens with zero attached hydrogens (tertiary/aromatic N) is 4. The SMILES string of the molecule is N=c1sc2nn1Cc1cccc(c1)Cn1nc(sc1=N)SCCOCCS2. The predicted octanol–water partition coefficient (Wildman–Crippen LogP) is 2.47. The van der Waals surface area contributed by atoms with Gasteiger partial charge in [0, 0.05) is 11.5 Å². The van der Waals surface area contributed by atoms with Crippen molar-refractivity contribution in [3.63, 3.8) is 0 Å². The molecule has 0 fully saturated rings. The second-order valence-electron chi connectivity index (χ2n) is 5.79. The van der Waals surface area contributed by atoms with E-state index in [1.165, 1.54) is 22.7 Å². The van der Waals surface area contributed by atoms with E-state index < -0.39 is 0 Å². The number of rotatable bonds is 0. The summed E-state index contributed by atoms with van der Waals surface area (Å²) in [5.74, 6) is 1.64. The van der Waals surface area contributed by atoms with Gasteiger partial charge in [-0.05, 0) is 11.1 Å². The van der Waals surface area contributed by atoms with Crippen LogP contribution in [0.2, 0.25) is 0 Å². The molecule has 7 nitrogen and oxygen atoms in total. The monoisotopic (exact) mass is 438 g/mol. The molecule has 2 N–H and O–H groups in total. The number of hydrogen-bond acceptors (Lipinski definition) is 9. The van der Waals surface area contributed by atoms with E-state index in [0.29, 0.717) is 35.9 Å². The molecular formula is C16H18N6OS4. The number of fused-ring (bicyclic) bond motifs is 6. The van der Waals surface area contributed by atoms with Gasteiger partial charge in [0.25, 0.3) is 0 Å². The van der Waals surface area contributed by atoms with E-state index in [2.05, 4.69) is 16.3 Å². The Morgan fingerprint density at radius 1 is 0.852 bits per heavy atom. The Hall–Kier alpha value is -1.40. The van der Waals surface area contributed by atoms with Crippen molar-refractivity contribution in [3.05, 3.63) is 45.0 Å². The summed E-state index contributed by atoms with van der Waals surface area (Å²) < 4.78 is 10.9. The van der Waals surface area contributed by atoms with Gasteiger partial charge in [-0.25, -0.2) is 9.36 Å². The average molecular weight is 439 g/mol. The maximum absolute atomic E-state index is 8.17. The number of benzene rings is 1. The fourth-order valence-corrected chi connectivity index (χ4v) is 6.12. The predicted molar refractivity (Wildman–Crippen MR) is 109 cm³/mol. The van der Waals surface area contributed by atoms with E-state index in [0.717, 1.165) is 31.3 Å². The molecule has 0 radical (unpaired) electrons. The zero-order chi connectivity index (χ0) is 18.6. The lowest BCUT2D eigenvalue weighted by Gasteiger charge is -2.06. The van der Waals surface area contributed by atoms with E-state index in [9.17, 15) is 0 Å². The molecule has 27 heavy (non-hydrogen) atoms. The molecule has 6 bridgehead atoms. The molecule has 3 aromatic rings. The van der Waals surface area contributed by atoms with Gasteiger partial charge in [-0.15, -0.1) is 0 Å². The highest BCUT2D eigenvalue weighted by atomic mass is 32.2. The summed E-state index contributed by atoms with van der Waals surface area (Å²) in [6.07, 6.45) is 0. The molecule has 0 saturated heterocycles. The zero-order valence-corrected chi connectivity index (χ0v) is 17.6. The van der Waals surface area contributed by atoms with E-state index >= 15 is 0 Å². The third kappa shape index (κ3) is 4.91. The van der Waals surface area contributed by atoms with Crippen molar-refractivity contribution >= 4 is 46.2 Å². The molecule has 0 amide bonds. The quantitative estimate of drug-likeness (QED) is 0.562. The van der Waals surface area contributed by atoms with Gasteiger partial charge in [0.15, 0.2) is 8.68 Å². The molecule has 142 valence electrons. The summed E-state index contributed by atoms with van der Waals surface area (Å²) in [5.41, 5.74) is 2.18. The summed E-state index contributed by atoms with van der Waals surface area (Å²) in [7, 11) is 0. The molecule has 0 saturated carbocycles. The summed E-state index contributed by atoms with van der Waals surface area (Å²) >= 11 is 6.07. The minimum atomic E-state index is 0.449. The Balaban J connectivity index is 1.63. The van der Waals surface area contributed by atoms with Crippen molar-refractivity contribution < 1.29 is 4.74 Å². The molecule has 0 unspecified atom stereocenters. The van der Waals surface area contributed by atoms with Crippen LogP contribution in [0.3, 0.4) is 0 Å². The second-order valence-corrected chi connectivity index (χ2v) is 10.4. The van der Waals surface area contributed by atoms with Crippen molar-refractivity contribution in [2.75, 3.05) is 24.7 Å². The third-order valence-corrected chi connectivity index (χ3v) is 7.73. The average Bonchev–Trinajstić information content (AvgIpc) is 3.16. The topological polar surface area (TPSA) is 92.6 Å². The summed E-state index contributed by atoms with van der Waals surface area (Å²) in [6, 6.07) is 8.21. The summed E-state index contributed by atoms with van der Waals surface area (Å²) in [4.78, 5) is 0.898. The van der Waals surface area contributed by atoms with Crippen molar-refractivity contribution in [1.29, 1.82) is 10.8 Å². The Morgan fingerprint density at radius 2 is 1.37 bits per heavy atom. The lowest BCUT2D eigenvalue weighted by molar-refractivity contribution is 0.167. The summed E-state index contributed by atoms with van der Waals surface area (Å²) in [6.45, 7) is 2.44. The van der Waals surface area contributed by atoms with Gasteiger partial charge in [-0.1, -0.05) is 70.5 Å². The molecule has 3 heterocycles. The molecular weight excluding hydrogens is 420 g/mol. The molecule has 2 aromatic heterocycles. The maximum atomic E-state index is 8.17. The largest absolute Gasteiger partial charge is 0.380 e. The second kappa shape index (κ2) is 8.74.